The summed E-state index contributed by atoms with van der Waals surface area (Å²) in [5.41, 5.74) is 2.60. The van der Waals surface area contributed by atoms with Gasteiger partial charge in [-0.3, -0.25) is 0 Å². The molecule has 1 saturated carbocycles. The number of halogens is 1. The molecule has 2 nitrogen and oxygen atoms in total. The molecule has 1 aliphatic carbocycles. The molecule has 1 fully saturated rings. The Kier molecular flexibility index (Phi) is 5.63. The molecule has 2 aromatic rings. The van der Waals surface area contributed by atoms with E-state index < -0.39 is 5.60 Å². The fourth-order valence-electron chi connectivity index (χ4n) is 3.85. The van der Waals surface area contributed by atoms with Gasteiger partial charge in [0.2, 0.25) is 0 Å². The first-order valence-corrected chi connectivity index (χ1v) is 9.23. The van der Waals surface area contributed by atoms with E-state index in [0.29, 0.717) is 6.42 Å². The second-order valence-corrected chi connectivity index (χ2v) is 7.74. The average molecular weight is 356 g/mol. The van der Waals surface area contributed by atoms with E-state index >= 15 is 0 Å². The van der Waals surface area contributed by atoms with Crippen molar-refractivity contribution in [3.63, 3.8) is 0 Å². The van der Waals surface area contributed by atoms with Gasteiger partial charge in [-0.05, 0) is 55.8 Å². The summed E-state index contributed by atoms with van der Waals surface area (Å²) < 4.78 is 0. The number of rotatable bonds is 5. The Morgan fingerprint density at radius 3 is 2.44 bits per heavy atom. The van der Waals surface area contributed by atoms with Crippen LogP contribution in [-0.4, -0.2) is 36.2 Å². The average Bonchev–Trinajstić information content (AvgIpc) is 2.87. The quantitative estimate of drug-likeness (QED) is 0.842. The number of benzene rings is 2. The minimum absolute atomic E-state index is 0.230. The highest BCUT2D eigenvalue weighted by molar-refractivity contribution is 6.30. The lowest BCUT2D eigenvalue weighted by Crippen LogP contribution is -2.42. The van der Waals surface area contributed by atoms with Crippen molar-refractivity contribution < 1.29 is 5.11 Å². The summed E-state index contributed by atoms with van der Waals surface area (Å²) in [5.74, 6) is 0.230. The molecule has 2 atom stereocenters. The Labute approximate surface area is 155 Å². The van der Waals surface area contributed by atoms with Crippen molar-refractivity contribution >= 4 is 17.7 Å². The van der Waals surface area contributed by atoms with Crippen LogP contribution in [0.2, 0.25) is 5.02 Å². The van der Waals surface area contributed by atoms with E-state index in [1.165, 1.54) is 0 Å². The van der Waals surface area contributed by atoms with Crippen LogP contribution in [0.5, 0.6) is 0 Å². The number of hydrogen-bond acceptors (Lipinski definition) is 2. The van der Waals surface area contributed by atoms with E-state index in [1.807, 2.05) is 42.5 Å². The van der Waals surface area contributed by atoms with Gasteiger partial charge in [-0.2, -0.15) is 0 Å². The maximum Gasteiger partial charge on any atom is 0.0940 e. The highest BCUT2D eigenvalue weighted by atomic mass is 35.5. The van der Waals surface area contributed by atoms with Crippen LogP contribution in [0.25, 0.3) is 6.08 Å². The maximum atomic E-state index is 11.7. The Hall–Kier alpha value is -1.61. The van der Waals surface area contributed by atoms with E-state index in [2.05, 4.69) is 37.2 Å². The van der Waals surface area contributed by atoms with Crippen LogP contribution in [0.4, 0.5) is 0 Å². The summed E-state index contributed by atoms with van der Waals surface area (Å²) in [6.45, 7) is 0.885. The molecule has 0 aromatic heterocycles. The summed E-state index contributed by atoms with van der Waals surface area (Å²) in [5, 5.41) is 12.4. The van der Waals surface area contributed by atoms with Crippen LogP contribution in [0.3, 0.4) is 0 Å². The van der Waals surface area contributed by atoms with Gasteiger partial charge in [-0.25, -0.2) is 0 Å². The van der Waals surface area contributed by atoms with E-state index in [0.717, 1.165) is 41.1 Å². The van der Waals surface area contributed by atoms with Crippen molar-refractivity contribution in [2.45, 2.75) is 24.9 Å². The minimum atomic E-state index is -0.812. The Morgan fingerprint density at radius 1 is 1.12 bits per heavy atom. The third-order valence-electron chi connectivity index (χ3n) is 5.11. The molecule has 132 valence electrons. The van der Waals surface area contributed by atoms with Crippen LogP contribution >= 0.6 is 11.6 Å². The molecule has 3 rings (SSSR count). The van der Waals surface area contributed by atoms with Gasteiger partial charge in [0, 0.05) is 23.9 Å². The highest BCUT2D eigenvalue weighted by Crippen LogP contribution is 2.43. The van der Waals surface area contributed by atoms with Gasteiger partial charge in [0.25, 0.3) is 0 Å². The van der Waals surface area contributed by atoms with Crippen molar-refractivity contribution in [2.75, 3.05) is 20.6 Å². The first-order valence-electron chi connectivity index (χ1n) is 8.85. The summed E-state index contributed by atoms with van der Waals surface area (Å²) in [4.78, 5) is 2.17. The summed E-state index contributed by atoms with van der Waals surface area (Å²) in [6.07, 6.45) is 4.76. The third kappa shape index (κ3) is 4.33. The lowest BCUT2D eigenvalue weighted by atomic mass is 9.81. The van der Waals surface area contributed by atoms with Gasteiger partial charge in [-0.1, -0.05) is 60.1 Å². The smallest absolute Gasteiger partial charge is 0.0940 e. The fraction of sp³-hybridized carbons (Fsp3) is 0.364. The van der Waals surface area contributed by atoms with Crippen LogP contribution in [0.1, 0.15) is 24.0 Å². The van der Waals surface area contributed by atoms with Crippen LogP contribution in [0, 0.1) is 5.92 Å². The van der Waals surface area contributed by atoms with E-state index in [-0.39, 0.29) is 5.92 Å². The predicted octanol–water partition coefficient (Wildman–Crippen LogP) is 4.67. The highest BCUT2D eigenvalue weighted by Gasteiger charge is 2.44. The molecule has 0 saturated heterocycles. The molecule has 0 radical (unpaired) electrons. The van der Waals surface area contributed by atoms with E-state index in [9.17, 15) is 5.11 Å². The van der Waals surface area contributed by atoms with E-state index in [4.69, 9.17) is 11.6 Å². The second-order valence-electron chi connectivity index (χ2n) is 7.31. The van der Waals surface area contributed by atoms with Crippen LogP contribution in [0.15, 0.2) is 60.2 Å². The molecule has 25 heavy (non-hydrogen) atoms. The number of aliphatic hydroxyl groups is 1. The molecule has 1 aliphatic rings. The zero-order valence-electron chi connectivity index (χ0n) is 15.0. The van der Waals surface area contributed by atoms with Crippen LogP contribution in [-0.2, 0) is 6.42 Å². The standard InChI is InChI=1S/C22H26ClNO/c1-24(2)16-20-11-10-19(14-17-6-4-3-5-7-17)22(20,25)15-18-8-12-21(23)13-9-18/h3-9,12-14,20,25H,10-11,15-16H2,1-2H3. The molecule has 1 N–H and O–H groups in total. The molecule has 0 amide bonds. The van der Waals surface area contributed by atoms with Gasteiger partial charge in [0.05, 0.1) is 5.60 Å². The number of nitrogens with zero attached hydrogens (tertiary/aromatic N) is 1. The molecule has 0 heterocycles. The van der Waals surface area contributed by atoms with Gasteiger partial charge >= 0.3 is 0 Å². The van der Waals surface area contributed by atoms with Crippen molar-refractivity contribution in [1.29, 1.82) is 0 Å². The Bertz CT molecular complexity index is 723. The topological polar surface area (TPSA) is 23.5 Å². The lowest BCUT2D eigenvalue weighted by molar-refractivity contribution is 0.0257. The van der Waals surface area contributed by atoms with Gasteiger partial charge < -0.3 is 10.0 Å². The van der Waals surface area contributed by atoms with Crippen molar-refractivity contribution in [2.24, 2.45) is 5.92 Å². The van der Waals surface area contributed by atoms with Crippen molar-refractivity contribution in [3.8, 4) is 0 Å². The number of hydrogen-bond donors (Lipinski definition) is 1. The molecule has 3 heteroatoms. The third-order valence-corrected chi connectivity index (χ3v) is 5.36. The van der Waals surface area contributed by atoms with Crippen molar-refractivity contribution in [1.82, 2.24) is 4.90 Å². The zero-order chi connectivity index (χ0) is 17.9. The molecule has 0 aliphatic heterocycles. The molecule has 0 bridgehead atoms. The molecular formula is C22H26ClNO. The Morgan fingerprint density at radius 2 is 1.80 bits per heavy atom. The SMILES string of the molecule is CN(C)CC1CCC(=Cc2ccccc2)C1(O)Cc1ccc(Cl)cc1. The Balaban J connectivity index is 1.93. The lowest BCUT2D eigenvalue weighted by Gasteiger charge is -2.33. The molecule has 2 aromatic carbocycles. The van der Waals surface area contributed by atoms with Gasteiger partial charge in [0.15, 0.2) is 0 Å². The largest absolute Gasteiger partial charge is 0.385 e. The van der Waals surface area contributed by atoms with E-state index in [1.54, 1.807) is 0 Å². The van der Waals surface area contributed by atoms with Crippen LogP contribution < -0.4 is 0 Å². The predicted molar refractivity (Wildman–Crippen MR) is 106 cm³/mol. The first kappa shape index (κ1) is 18.2. The summed E-state index contributed by atoms with van der Waals surface area (Å²) >= 11 is 6.02. The molecule has 0 spiro atoms. The zero-order valence-corrected chi connectivity index (χ0v) is 15.7. The van der Waals surface area contributed by atoms with Crippen molar-refractivity contribution in [3.05, 3.63) is 76.3 Å². The first-order chi connectivity index (χ1) is 12.0. The maximum absolute atomic E-state index is 11.7. The summed E-state index contributed by atoms with van der Waals surface area (Å²) in [6, 6.07) is 18.1. The summed E-state index contributed by atoms with van der Waals surface area (Å²) in [7, 11) is 4.14. The fourth-order valence-corrected chi connectivity index (χ4v) is 3.98. The molecule has 2 unspecified atom stereocenters. The monoisotopic (exact) mass is 355 g/mol. The second kappa shape index (κ2) is 7.74. The van der Waals surface area contributed by atoms with Gasteiger partial charge in [-0.15, -0.1) is 0 Å². The molecular weight excluding hydrogens is 330 g/mol. The minimum Gasteiger partial charge on any atom is -0.385 e. The normalized spacial score (nSPS) is 25.0. The van der Waals surface area contributed by atoms with Gasteiger partial charge in [0.1, 0.15) is 0 Å².